The number of fused-ring (bicyclic) bond motifs is 3. The number of phenolic OH excluding ortho intramolecular Hbond substituents is 2. The molecule has 0 spiro atoms. The van der Waals surface area contributed by atoms with Crippen molar-refractivity contribution < 1.29 is 63.3 Å². The molecule has 2 aromatic carbocycles. The van der Waals surface area contributed by atoms with Crippen LogP contribution in [-0.2, 0) is 30.2 Å². The Morgan fingerprint density at radius 3 is 2.44 bits per heavy atom. The van der Waals surface area contributed by atoms with Crippen LogP contribution < -0.4 is 10.1 Å². The van der Waals surface area contributed by atoms with Crippen molar-refractivity contribution in [1.82, 2.24) is 5.32 Å². The van der Waals surface area contributed by atoms with Gasteiger partial charge in [-0.1, -0.05) is 12.1 Å². The lowest BCUT2D eigenvalue weighted by Crippen LogP contribution is -2.55. The number of aliphatic hydroxyl groups excluding tert-OH is 2. The van der Waals surface area contributed by atoms with Crippen LogP contribution >= 0.6 is 23.5 Å². The number of carbonyl (C=O) groups excluding carboxylic acids is 4. The maximum atomic E-state index is 13.8. The Labute approximate surface area is 297 Å². The molecule has 0 aromatic heterocycles. The van der Waals surface area contributed by atoms with Crippen LogP contribution in [0.1, 0.15) is 82.7 Å². The Balaban J connectivity index is 1.28. The van der Waals surface area contributed by atoms with Gasteiger partial charge in [0.2, 0.25) is 5.78 Å². The van der Waals surface area contributed by atoms with E-state index in [1.54, 1.807) is 36.5 Å². The molecule has 2 aliphatic carbocycles. The van der Waals surface area contributed by atoms with Crippen LogP contribution in [0.4, 0.5) is 4.79 Å². The zero-order valence-electron chi connectivity index (χ0n) is 28.0. The van der Waals surface area contributed by atoms with Gasteiger partial charge in [-0.3, -0.25) is 14.4 Å². The fourth-order valence-electron chi connectivity index (χ4n) is 6.49. The van der Waals surface area contributed by atoms with Crippen molar-refractivity contribution >= 4 is 47.7 Å². The molecule has 1 amide bonds. The van der Waals surface area contributed by atoms with E-state index in [1.165, 1.54) is 19.2 Å². The van der Waals surface area contributed by atoms with Crippen LogP contribution in [-0.4, -0.2) is 111 Å². The first-order valence-corrected chi connectivity index (χ1v) is 18.1. The first kappa shape index (κ1) is 37.7. The van der Waals surface area contributed by atoms with Crippen molar-refractivity contribution in [3.05, 3.63) is 51.6 Å². The highest BCUT2D eigenvalue weighted by Gasteiger charge is 2.44. The summed E-state index contributed by atoms with van der Waals surface area (Å²) in [6.07, 6.45) is -6.08. The minimum atomic E-state index is -1.12. The minimum absolute atomic E-state index is 0.0143. The van der Waals surface area contributed by atoms with Gasteiger partial charge in [0.1, 0.15) is 36.6 Å². The zero-order valence-corrected chi connectivity index (χ0v) is 29.6. The third-order valence-corrected chi connectivity index (χ3v) is 11.7. The lowest BCUT2D eigenvalue weighted by molar-refractivity contribution is -0.246. The van der Waals surface area contributed by atoms with Gasteiger partial charge in [-0.2, -0.15) is 0 Å². The van der Waals surface area contributed by atoms with E-state index in [9.17, 15) is 39.6 Å². The molecule has 272 valence electrons. The van der Waals surface area contributed by atoms with E-state index < -0.39 is 71.5 Å². The Morgan fingerprint density at radius 2 is 1.74 bits per heavy atom. The number of ketones is 2. The molecule has 5 rings (SSSR count). The molecule has 0 saturated carbocycles. The molecule has 0 radical (unpaired) electrons. The van der Waals surface area contributed by atoms with Crippen molar-refractivity contribution in [2.24, 2.45) is 0 Å². The fourth-order valence-corrected chi connectivity index (χ4v) is 8.65. The van der Waals surface area contributed by atoms with Gasteiger partial charge in [0.25, 0.3) is 6.47 Å². The van der Waals surface area contributed by atoms with Crippen molar-refractivity contribution in [3.8, 4) is 17.2 Å². The third kappa shape index (κ3) is 7.85. The van der Waals surface area contributed by atoms with Crippen LogP contribution in [0.3, 0.4) is 0 Å². The summed E-state index contributed by atoms with van der Waals surface area (Å²) in [7, 11) is 1.35. The number of hydrogen-bond acceptors (Lipinski definition) is 15. The second-order valence-corrected chi connectivity index (χ2v) is 16.2. The Kier molecular flexibility index (Phi) is 11.9. The predicted octanol–water partition coefficient (Wildman–Crippen LogP) is 3.21. The Morgan fingerprint density at radius 1 is 1.04 bits per heavy atom. The molecule has 1 saturated heterocycles. The van der Waals surface area contributed by atoms with E-state index in [0.717, 1.165) is 0 Å². The van der Waals surface area contributed by atoms with E-state index in [0.29, 0.717) is 24.6 Å². The number of phenols is 2. The highest BCUT2D eigenvalue weighted by molar-refractivity contribution is 8.18. The molecule has 2 aromatic rings. The summed E-state index contributed by atoms with van der Waals surface area (Å²) in [6.45, 7) is 6.42. The maximum Gasteiger partial charge on any atom is 0.407 e. The summed E-state index contributed by atoms with van der Waals surface area (Å²) >= 11 is 3.17. The van der Waals surface area contributed by atoms with Crippen LogP contribution in [0.2, 0.25) is 0 Å². The lowest BCUT2D eigenvalue weighted by atomic mass is 9.76. The first-order valence-electron chi connectivity index (χ1n) is 16.1. The van der Waals surface area contributed by atoms with E-state index in [4.69, 9.17) is 23.7 Å². The van der Waals surface area contributed by atoms with Crippen molar-refractivity contribution in [2.75, 3.05) is 31.8 Å². The zero-order chi connectivity index (χ0) is 36.3. The number of aliphatic hydroxyl groups is 2. The molecular weight excluding hydrogens is 695 g/mol. The van der Waals surface area contributed by atoms with Crippen molar-refractivity contribution in [1.29, 1.82) is 0 Å². The number of thioether (sulfide) groups is 2. The average molecular weight is 736 g/mol. The second kappa shape index (κ2) is 15.8. The van der Waals surface area contributed by atoms with Crippen molar-refractivity contribution in [3.63, 3.8) is 0 Å². The summed E-state index contributed by atoms with van der Waals surface area (Å²) < 4.78 is 27.3. The molecule has 1 aliphatic heterocycles. The summed E-state index contributed by atoms with van der Waals surface area (Å²) in [5.41, 5.74) is -0.688. The number of rotatable bonds is 13. The van der Waals surface area contributed by atoms with E-state index in [2.05, 4.69) is 5.32 Å². The van der Waals surface area contributed by atoms with Gasteiger partial charge in [-0.25, -0.2) is 4.79 Å². The number of hydrogen-bond donors (Lipinski definition) is 5. The SMILES string of the molecule is COc1cccc2c1C(=O)c1c(O)c3c(c(O)c1C2=O)CC(O)CC3OC1CC(NC(=O)OCCSC(C)(C)SCCOC=O)C(O)C(C)O1. The summed E-state index contributed by atoms with van der Waals surface area (Å²) in [6, 6.07) is 3.64. The number of aromatic hydroxyl groups is 2. The number of amides is 1. The Bertz CT molecular complexity index is 1630. The second-order valence-electron chi connectivity index (χ2n) is 12.5. The van der Waals surface area contributed by atoms with Gasteiger partial charge in [-0.15, -0.1) is 23.5 Å². The van der Waals surface area contributed by atoms with Crippen LogP contribution in [0.25, 0.3) is 0 Å². The molecule has 1 fully saturated rings. The van der Waals surface area contributed by atoms with Gasteiger partial charge in [0, 0.05) is 47.5 Å². The van der Waals surface area contributed by atoms with Crippen molar-refractivity contribution in [2.45, 2.75) is 80.9 Å². The highest BCUT2D eigenvalue weighted by atomic mass is 32.2. The number of benzene rings is 2. The molecule has 6 atom stereocenters. The maximum absolute atomic E-state index is 13.8. The average Bonchev–Trinajstić information content (AvgIpc) is 3.07. The van der Waals surface area contributed by atoms with Gasteiger partial charge in [0.05, 0.1) is 52.2 Å². The lowest BCUT2D eigenvalue weighted by Gasteiger charge is -2.40. The highest BCUT2D eigenvalue weighted by Crippen LogP contribution is 2.50. The van der Waals surface area contributed by atoms with E-state index in [1.807, 2.05) is 13.8 Å². The summed E-state index contributed by atoms with van der Waals surface area (Å²) in [5, 5.41) is 47.2. The number of carbonyl (C=O) groups is 4. The van der Waals surface area contributed by atoms with Gasteiger partial charge >= 0.3 is 6.09 Å². The van der Waals surface area contributed by atoms with E-state index >= 15 is 0 Å². The standard InChI is InChI=1S/C34H41NO13S2/c1-16-28(38)20(35-33(43)46-9-11-50-34(2,3)49-10-8-45-15-36)14-23(47-16)48-22-13-17(37)12-19-25(22)32(42)27-26(30(19)40)29(39)18-6-5-7-21(44-4)24(18)31(27)41/h5-7,15-17,20,22-23,28,37-38,40,42H,8-14H2,1-4H3,(H,35,43). The molecule has 14 nitrogen and oxygen atoms in total. The molecule has 3 aliphatic rings. The number of alkyl carbamates (subject to hydrolysis) is 1. The number of ether oxygens (including phenoxy) is 5. The quantitative estimate of drug-likeness (QED) is 0.0740. The van der Waals surface area contributed by atoms with Crippen LogP contribution in [0.5, 0.6) is 17.2 Å². The van der Waals surface area contributed by atoms with Gasteiger partial charge in [-0.05, 0) is 26.8 Å². The monoisotopic (exact) mass is 735 g/mol. The normalized spacial score (nSPS) is 24.4. The smallest absolute Gasteiger partial charge is 0.407 e. The molecule has 1 heterocycles. The molecule has 0 bridgehead atoms. The first-order chi connectivity index (χ1) is 23.8. The molecule has 50 heavy (non-hydrogen) atoms. The van der Waals surface area contributed by atoms with Crippen LogP contribution in [0.15, 0.2) is 18.2 Å². The Hall–Kier alpha value is -3.54. The summed E-state index contributed by atoms with van der Waals surface area (Å²) in [4.78, 5) is 50.3. The molecule has 16 heteroatoms. The number of methoxy groups -OCH3 is 1. The molecular formula is C34H41NO13S2. The van der Waals surface area contributed by atoms with Gasteiger partial charge < -0.3 is 49.4 Å². The third-order valence-electron chi connectivity index (χ3n) is 8.82. The van der Waals surface area contributed by atoms with Crippen LogP contribution in [0, 0.1) is 0 Å². The fraction of sp³-hybridized carbons (Fsp3) is 0.529. The summed E-state index contributed by atoms with van der Waals surface area (Å²) in [5.74, 6) is -1.24. The molecule has 6 unspecified atom stereocenters. The van der Waals surface area contributed by atoms with E-state index in [-0.39, 0.29) is 63.5 Å². The van der Waals surface area contributed by atoms with Gasteiger partial charge in [0.15, 0.2) is 12.1 Å². The largest absolute Gasteiger partial charge is 0.507 e. The topological polar surface area (TPSA) is 207 Å². The number of nitrogens with one attached hydrogen (secondary N) is 1. The minimum Gasteiger partial charge on any atom is -0.507 e. The predicted molar refractivity (Wildman–Crippen MR) is 182 cm³/mol. The molecule has 5 N–H and O–H groups in total.